The minimum atomic E-state index is -0.809. The van der Waals surface area contributed by atoms with E-state index in [1.165, 1.54) is 148 Å². The Kier molecular flexibility index (Phi) is 54.3. The van der Waals surface area contributed by atoms with E-state index in [2.05, 4.69) is 99.8 Å². The Balaban J connectivity index is 4.48. The van der Waals surface area contributed by atoms with Crippen molar-refractivity contribution in [1.82, 2.24) is 0 Å². The van der Waals surface area contributed by atoms with E-state index in [0.717, 1.165) is 83.5 Å². The van der Waals surface area contributed by atoms with E-state index in [0.29, 0.717) is 19.3 Å². The van der Waals surface area contributed by atoms with Gasteiger partial charge in [0.2, 0.25) is 0 Å². The van der Waals surface area contributed by atoms with Crippen LogP contribution in [-0.2, 0) is 28.6 Å². The molecule has 0 aromatic heterocycles. The molecule has 0 radical (unpaired) electrons. The van der Waals surface area contributed by atoms with E-state index in [9.17, 15) is 14.4 Å². The molecule has 0 N–H and O–H groups in total. The van der Waals surface area contributed by atoms with Gasteiger partial charge in [0.15, 0.2) is 6.10 Å². The third kappa shape index (κ3) is 55.4. The van der Waals surface area contributed by atoms with Gasteiger partial charge in [-0.05, 0) is 83.5 Å². The molecule has 69 heavy (non-hydrogen) atoms. The molecule has 0 amide bonds. The van der Waals surface area contributed by atoms with Crippen molar-refractivity contribution in [2.75, 3.05) is 13.2 Å². The van der Waals surface area contributed by atoms with Crippen molar-refractivity contribution in [2.24, 2.45) is 0 Å². The maximum atomic E-state index is 12.9. The molecule has 396 valence electrons. The van der Waals surface area contributed by atoms with Crippen molar-refractivity contribution in [3.05, 3.63) is 85.1 Å². The zero-order valence-electron chi connectivity index (χ0n) is 45.3. The average molecular weight is 962 g/mol. The molecule has 0 aliphatic heterocycles. The van der Waals surface area contributed by atoms with Crippen LogP contribution in [-0.4, -0.2) is 37.2 Å². The second kappa shape index (κ2) is 57.2. The Bertz CT molecular complexity index is 1330. The topological polar surface area (TPSA) is 78.9 Å². The van der Waals surface area contributed by atoms with Crippen LogP contribution >= 0.6 is 0 Å². The van der Waals surface area contributed by atoms with Crippen LogP contribution in [0.3, 0.4) is 0 Å². The summed E-state index contributed by atoms with van der Waals surface area (Å²) in [6, 6.07) is 0. The van der Waals surface area contributed by atoms with Crippen LogP contribution in [0.25, 0.3) is 0 Å². The van der Waals surface area contributed by atoms with Gasteiger partial charge in [-0.25, -0.2) is 0 Å². The average Bonchev–Trinajstić information content (AvgIpc) is 3.35. The predicted octanol–water partition coefficient (Wildman–Crippen LogP) is 19.5. The Hall–Kier alpha value is -3.41. The molecule has 6 heteroatoms. The van der Waals surface area contributed by atoms with Crippen molar-refractivity contribution in [2.45, 2.75) is 284 Å². The van der Waals surface area contributed by atoms with Gasteiger partial charge >= 0.3 is 17.9 Å². The van der Waals surface area contributed by atoms with E-state index in [4.69, 9.17) is 14.2 Å². The molecule has 0 unspecified atom stereocenters. The molecule has 0 aliphatic carbocycles. The third-order valence-electron chi connectivity index (χ3n) is 12.4. The Morgan fingerprint density at radius 1 is 0.304 bits per heavy atom. The van der Waals surface area contributed by atoms with Crippen LogP contribution in [0.2, 0.25) is 0 Å². The first-order valence-electron chi connectivity index (χ1n) is 29.1. The van der Waals surface area contributed by atoms with Crippen molar-refractivity contribution in [1.29, 1.82) is 0 Å². The highest BCUT2D eigenvalue weighted by Gasteiger charge is 2.19. The van der Waals surface area contributed by atoms with Crippen molar-refractivity contribution in [3.63, 3.8) is 0 Å². The fourth-order valence-corrected chi connectivity index (χ4v) is 8.05. The Morgan fingerprint density at radius 3 is 0.971 bits per heavy atom. The summed E-state index contributed by atoms with van der Waals surface area (Å²) in [4.78, 5) is 38.1. The molecular formula is C63H108O6. The third-order valence-corrected chi connectivity index (χ3v) is 12.4. The monoisotopic (exact) mass is 961 g/mol. The number of unbranched alkanes of at least 4 members (excludes halogenated alkanes) is 27. The number of esters is 3. The van der Waals surface area contributed by atoms with Gasteiger partial charge in [0.1, 0.15) is 13.2 Å². The van der Waals surface area contributed by atoms with Crippen LogP contribution in [0.15, 0.2) is 85.1 Å². The summed E-state index contributed by atoms with van der Waals surface area (Å²) in [6.45, 7) is 6.47. The van der Waals surface area contributed by atoms with Gasteiger partial charge < -0.3 is 14.2 Å². The molecule has 0 rings (SSSR count). The van der Waals surface area contributed by atoms with E-state index >= 15 is 0 Å². The lowest BCUT2D eigenvalue weighted by atomic mass is 10.0. The second-order valence-corrected chi connectivity index (χ2v) is 19.2. The van der Waals surface area contributed by atoms with Crippen LogP contribution < -0.4 is 0 Å². The summed E-state index contributed by atoms with van der Waals surface area (Å²) >= 11 is 0. The van der Waals surface area contributed by atoms with E-state index in [1.807, 2.05) is 6.08 Å². The molecule has 0 saturated carbocycles. The van der Waals surface area contributed by atoms with Gasteiger partial charge in [-0.1, -0.05) is 260 Å². The molecule has 0 fully saturated rings. The minimum absolute atomic E-state index is 0.102. The summed E-state index contributed by atoms with van der Waals surface area (Å²) in [7, 11) is 0. The fraction of sp³-hybridized carbons (Fsp3) is 0.730. The first-order chi connectivity index (χ1) is 34.0. The molecular weight excluding hydrogens is 853 g/mol. The minimum Gasteiger partial charge on any atom is -0.462 e. The number of allylic oxidation sites excluding steroid dienone is 14. The van der Waals surface area contributed by atoms with E-state index < -0.39 is 6.10 Å². The van der Waals surface area contributed by atoms with Crippen LogP contribution in [0.4, 0.5) is 0 Å². The lowest BCUT2D eigenvalue weighted by Gasteiger charge is -2.18. The highest BCUT2D eigenvalue weighted by molar-refractivity contribution is 5.71. The van der Waals surface area contributed by atoms with Gasteiger partial charge in [-0.3, -0.25) is 14.4 Å². The standard InChI is InChI=1S/C63H108O6/c1-4-7-10-13-16-19-22-25-28-30-32-34-35-38-41-44-47-50-53-56-62(65)68-59-60(58-67-61(64)55-52-49-46-43-40-37-27-24-21-18-15-12-9-6-3)69-63(66)57-54-51-48-45-42-39-36-33-31-29-26-23-20-17-14-11-8-5-2/h7,10,16,19,24-25,27-28,32,34,38,41,47,50,60H,4-6,8-9,11-15,17-18,20-23,26,29-31,33,35-37,39-40,42-46,48-49,51-59H2,1-3H3/b10-7-,19-16-,27-24-,28-25-,34-32-,41-38-,50-47-/t60-/m1/s1. The summed E-state index contributed by atoms with van der Waals surface area (Å²) < 4.78 is 16.8. The van der Waals surface area contributed by atoms with Gasteiger partial charge in [-0.15, -0.1) is 0 Å². The first-order valence-corrected chi connectivity index (χ1v) is 29.1. The largest absolute Gasteiger partial charge is 0.462 e. The zero-order valence-corrected chi connectivity index (χ0v) is 45.3. The number of carbonyl (C=O) groups excluding carboxylic acids is 3. The van der Waals surface area contributed by atoms with Crippen LogP contribution in [0.1, 0.15) is 278 Å². The van der Waals surface area contributed by atoms with Gasteiger partial charge in [0.25, 0.3) is 0 Å². The SMILES string of the molecule is CC/C=C\C/C=C\C/C=C\C/C=C\C/C=C\C/C=C\CCC(=O)OC[C@@H](COC(=O)CCCCCCC/C=C\CCCCCCC)OC(=O)CCCCCCCCCCCCCCCCCCCC. The summed E-state index contributed by atoms with van der Waals surface area (Å²) in [5.41, 5.74) is 0. The molecule has 0 bridgehead atoms. The number of ether oxygens (including phenoxy) is 3. The summed E-state index contributed by atoms with van der Waals surface area (Å²) in [6.07, 6.45) is 74.4. The number of carbonyl (C=O) groups is 3. The fourth-order valence-electron chi connectivity index (χ4n) is 8.05. The lowest BCUT2D eigenvalue weighted by Crippen LogP contribution is -2.30. The maximum absolute atomic E-state index is 12.9. The number of hydrogen-bond donors (Lipinski definition) is 0. The second-order valence-electron chi connectivity index (χ2n) is 19.2. The smallest absolute Gasteiger partial charge is 0.306 e. The van der Waals surface area contributed by atoms with Crippen LogP contribution in [0, 0.1) is 0 Å². The normalized spacial score (nSPS) is 12.7. The van der Waals surface area contributed by atoms with Gasteiger partial charge in [0, 0.05) is 19.3 Å². The highest BCUT2D eigenvalue weighted by Crippen LogP contribution is 2.16. The molecule has 0 aromatic carbocycles. The van der Waals surface area contributed by atoms with Crippen molar-refractivity contribution >= 4 is 17.9 Å². The molecule has 1 atom stereocenters. The maximum Gasteiger partial charge on any atom is 0.306 e. The van der Waals surface area contributed by atoms with Gasteiger partial charge in [0.05, 0.1) is 0 Å². The van der Waals surface area contributed by atoms with Gasteiger partial charge in [-0.2, -0.15) is 0 Å². The molecule has 0 aromatic rings. The molecule has 0 heterocycles. The van der Waals surface area contributed by atoms with E-state index in [-0.39, 0.29) is 37.5 Å². The van der Waals surface area contributed by atoms with Crippen molar-refractivity contribution < 1.29 is 28.6 Å². The molecule has 6 nitrogen and oxygen atoms in total. The molecule has 0 saturated heterocycles. The number of rotatable bonds is 52. The Labute approximate surface area is 426 Å². The van der Waals surface area contributed by atoms with Crippen molar-refractivity contribution in [3.8, 4) is 0 Å². The highest BCUT2D eigenvalue weighted by atomic mass is 16.6. The quantitative estimate of drug-likeness (QED) is 0.0262. The zero-order chi connectivity index (χ0) is 50.0. The van der Waals surface area contributed by atoms with E-state index in [1.54, 1.807) is 0 Å². The van der Waals surface area contributed by atoms with Crippen LogP contribution in [0.5, 0.6) is 0 Å². The first kappa shape index (κ1) is 65.6. The lowest BCUT2D eigenvalue weighted by molar-refractivity contribution is -0.166. The summed E-state index contributed by atoms with van der Waals surface area (Å²) in [5, 5.41) is 0. The molecule has 0 aliphatic rings. The molecule has 0 spiro atoms. The summed E-state index contributed by atoms with van der Waals surface area (Å²) in [5.74, 6) is -0.989. The predicted molar refractivity (Wildman–Crippen MR) is 297 cm³/mol. The Morgan fingerprint density at radius 2 is 0.594 bits per heavy atom. The number of hydrogen-bond acceptors (Lipinski definition) is 6.